The Morgan fingerprint density at radius 3 is 2.40 bits per heavy atom. The highest BCUT2D eigenvalue weighted by Crippen LogP contribution is 2.36. The quantitative estimate of drug-likeness (QED) is 0.480. The highest BCUT2D eigenvalue weighted by Gasteiger charge is 2.24. The van der Waals surface area contributed by atoms with Crippen LogP contribution in [0.1, 0.15) is 44.9 Å². The molecule has 3 N–H and O–H groups in total. The normalized spacial score (nSPS) is 18.0. The fraction of sp³-hybridized carbons (Fsp3) is 0.481. The average molecular weight is 479 g/mol. The van der Waals surface area contributed by atoms with E-state index in [2.05, 4.69) is 20.9 Å². The maximum Gasteiger partial charge on any atom is 0.315 e. The Morgan fingerprint density at radius 2 is 1.66 bits per heavy atom. The fourth-order valence-corrected chi connectivity index (χ4v) is 5.31. The number of benzene rings is 2. The summed E-state index contributed by atoms with van der Waals surface area (Å²) in [5.74, 6) is 0.504. The predicted octanol–water partition coefficient (Wildman–Crippen LogP) is 4.63. The highest BCUT2D eigenvalue weighted by atomic mass is 16.5. The Morgan fingerprint density at radius 1 is 0.943 bits per heavy atom. The van der Waals surface area contributed by atoms with Crippen LogP contribution in [0, 0.1) is 0 Å². The van der Waals surface area contributed by atoms with Gasteiger partial charge in [-0.05, 0) is 37.8 Å². The maximum atomic E-state index is 12.8. The van der Waals surface area contributed by atoms with E-state index >= 15 is 0 Å². The first-order valence-electron chi connectivity index (χ1n) is 12.7. The third-order valence-electron chi connectivity index (χ3n) is 7.20. The summed E-state index contributed by atoms with van der Waals surface area (Å²) in [5.41, 5.74) is 2.11. The first kappa shape index (κ1) is 23.5. The molecule has 8 nitrogen and oxygen atoms in total. The van der Waals surface area contributed by atoms with Crippen molar-refractivity contribution in [3.8, 4) is 5.75 Å². The molecule has 1 aliphatic carbocycles. The number of carbonyl (C=O) groups is 2. The lowest BCUT2D eigenvalue weighted by Crippen LogP contribution is -2.51. The number of likely N-dealkylation sites (tertiary alicyclic amines) is 1. The van der Waals surface area contributed by atoms with Gasteiger partial charge in [0.1, 0.15) is 16.9 Å². The van der Waals surface area contributed by atoms with Crippen LogP contribution in [0.5, 0.6) is 5.75 Å². The zero-order valence-corrected chi connectivity index (χ0v) is 20.3. The molecule has 5 rings (SSSR count). The fourth-order valence-electron chi connectivity index (χ4n) is 5.31. The van der Waals surface area contributed by atoms with E-state index in [9.17, 15) is 9.59 Å². The Labute approximate surface area is 205 Å². The van der Waals surface area contributed by atoms with E-state index in [0.29, 0.717) is 29.6 Å². The number of nitrogens with zero attached hydrogens (tertiary/aromatic N) is 1. The molecule has 2 aromatic carbocycles. The summed E-state index contributed by atoms with van der Waals surface area (Å²) in [6.45, 7) is 1.82. The van der Waals surface area contributed by atoms with Crippen molar-refractivity contribution >= 4 is 39.6 Å². The molecule has 0 bridgehead atoms. The summed E-state index contributed by atoms with van der Waals surface area (Å²) >= 11 is 0. The van der Waals surface area contributed by atoms with E-state index in [-0.39, 0.29) is 18.0 Å². The number of para-hydroxylation sites is 1. The number of ether oxygens (including phenoxy) is 1. The lowest BCUT2D eigenvalue weighted by molar-refractivity contribution is -0.117. The number of methoxy groups -OCH3 is 1. The molecular formula is C27H34N4O4. The monoisotopic (exact) mass is 478 g/mol. The number of hydrogen-bond donors (Lipinski definition) is 3. The van der Waals surface area contributed by atoms with Gasteiger partial charge in [0.05, 0.1) is 19.3 Å². The number of furan rings is 1. The highest BCUT2D eigenvalue weighted by molar-refractivity contribution is 6.07. The molecule has 8 heteroatoms. The molecule has 0 spiro atoms. The van der Waals surface area contributed by atoms with E-state index in [4.69, 9.17) is 9.15 Å². The largest absolute Gasteiger partial charge is 0.495 e. The molecule has 3 aromatic rings. The SMILES string of the molecule is COc1cc2c(cc1NC(=O)CN1CCC(NC(=O)NC3CCCCC3)CC1)oc1ccccc12. The summed E-state index contributed by atoms with van der Waals surface area (Å²) in [5, 5.41) is 11.2. The second-order valence-electron chi connectivity index (χ2n) is 9.70. The smallest absolute Gasteiger partial charge is 0.315 e. The number of fused-ring (bicyclic) bond motifs is 3. The third-order valence-corrected chi connectivity index (χ3v) is 7.20. The number of urea groups is 1. The number of anilines is 1. The second kappa shape index (κ2) is 10.6. The number of carbonyl (C=O) groups excluding carboxylic acids is 2. The van der Waals surface area contributed by atoms with Crippen LogP contribution < -0.4 is 20.7 Å². The number of nitrogens with one attached hydrogen (secondary N) is 3. The summed E-state index contributed by atoms with van der Waals surface area (Å²) in [4.78, 5) is 27.3. The van der Waals surface area contributed by atoms with Gasteiger partial charge in [-0.15, -0.1) is 0 Å². The Balaban J connectivity index is 1.13. The first-order valence-corrected chi connectivity index (χ1v) is 12.7. The van der Waals surface area contributed by atoms with Crippen LogP contribution in [0.3, 0.4) is 0 Å². The van der Waals surface area contributed by atoms with Crippen molar-refractivity contribution in [1.29, 1.82) is 0 Å². The number of rotatable bonds is 6. The summed E-state index contributed by atoms with van der Waals surface area (Å²) in [6.07, 6.45) is 7.49. The van der Waals surface area contributed by atoms with Crippen molar-refractivity contribution in [2.24, 2.45) is 0 Å². The van der Waals surface area contributed by atoms with Crippen LogP contribution in [0.2, 0.25) is 0 Å². The number of piperidine rings is 1. The van der Waals surface area contributed by atoms with Crippen molar-refractivity contribution in [3.05, 3.63) is 36.4 Å². The molecule has 35 heavy (non-hydrogen) atoms. The van der Waals surface area contributed by atoms with Gasteiger partial charge in [-0.2, -0.15) is 0 Å². The van der Waals surface area contributed by atoms with Gasteiger partial charge in [0.25, 0.3) is 0 Å². The maximum absolute atomic E-state index is 12.8. The third kappa shape index (κ3) is 5.53. The molecule has 1 aromatic heterocycles. The van der Waals surface area contributed by atoms with Crippen LogP contribution in [0.25, 0.3) is 21.9 Å². The van der Waals surface area contributed by atoms with Gasteiger partial charge < -0.3 is 25.1 Å². The topological polar surface area (TPSA) is 95.8 Å². The summed E-state index contributed by atoms with van der Waals surface area (Å²) in [7, 11) is 1.60. The van der Waals surface area contributed by atoms with Gasteiger partial charge in [0, 0.05) is 42.0 Å². The zero-order chi connectivity index (χ0) is 24.2. The van der Waals surface area contributed by atoms with E-state index in [1.54, 1.807) is 7.11 Å². The van der Waals surface area contributed by atoms with Crippen LogP contribution in [-0.2, 0) is 4.79 Å². The second-order valence-corrected chi connectivity index (χ2v) is 9.70. The molecule has 0 unspecified atom stereocenters. The number of hydrogen-bond acceptors (Lipinski definition) is 5. The minimum absolute atomic E-state index is 0.0545. The van der Waals surface area contributed by atoms with Crippen LogP contribution in [-0.4, -0.2) is 55.7 Å². The molecule has 3 amide bonds. The van der Waals surface area contributed by atoms with Crippen molar-refractivity contribution in [2.75, 3.05) is 32.1 Å². The lowest BCUT2D eigenvalue weighted by Gasteiger charge is -2.32. The van der Waals surface area contributed by atoms with Crippen LogP contribution >= 0.6 is 0 Å². The van der Waals surface area contributed by atoms with Gasteiger partial charge in [-0.1, -0.05) is 37.5 Å². The van der Waals surface area contributed by atoms with Gasteiger partial charge in [0.2, 0.25) is 5.91 Å². The standard InChI is InChI=1S/C27H34N4O4/c1-34-25-15-21-20-9-5-6-10-23(20)35-24(21)16-22(25)30-26(32)17-31-13-11-19(12-14-31)29-27(33)28-18-7-3-2-4-8-18/h5-6,9-10,15-16,18-19H,2-4,7-8,11-14,17H2,1H3,(H,30,32)(H2,28,29,33). The minimum atomic E-state index is -0.0970. The molecule has 1 aliphatic heterocycles. The molecule has 0 atom stereocenters. The Bertz CT molecular complexity index is 1190. The zero-order valence-electron chi connectivity index (χ0n) is 20.3. The van der Waals surface area contributed by atoms with E-state index in [1.165, 1.54) is 19.3 Å². The van der Waals surface area contributed by atoms with Crippen molar-refractivity contribution < 1.29 is 18.7 Å². The molecule has 2 fully saturated rings. The molecule has 0 radical (unpaired) electrons. The minimum Gasteiger partial charge on any atom is -0.495 e. The molecule has 2 heterocycles. The molecule has 2 aliphatic rings. The van der Waals surface area contributed by atoms with Crippen molar-refractivity contribution in [3.63, 3.8) is 0 Å². The molecular weight excluding hydrogens is 444 g/mol. The number of amides is 3. The molecule has 1 saturated carbocycles. The first-order chi connectivity index (χ1) is 17.1. The van der Waals surface area contributed by atoms with Crippen molar-refractivity contribution in [2.45, 2.75) is 57.0 Å². The molecule has 1 saturated heterocycles. The van der Waals surface area contributed by atoms with Gasteiger partial charge in [0.15, 0.2) is 0 Å². The Hall–Kier alpha value is -3.26. The van der Waals surface area contributed by atoms with E-state index in [0.717, 1.165) is 55.1 Å². The predicted molar refractivity (Wildman–Crippen MR) is 137 cm³/mol. The Kier molecular flexibility index (Phi) is 7.08. The average Bonchev–Trinajstić information content (AvgIpc) is 3.22. The van der Waals surface area contributed by atoms with Gasteiger partial charge in [-0.25, -0.2) is 4.79 Å². The summed E-state index contributed by atoms with van der Waals surface area (Å²) in [6, 6.07) is 12.0. The van der Waals surface area contributed by atoms with Crippen LogP contribution in [0.4, 0.5) is 10.5 Å². The van der Waals surface area contributed by atoms with Crippen LogP contribution in [0.15, 0.2) is 40.8 Å². The lowest BCUT2D eigenvalue weighted by atomic mass is 9.96. The van der Waals surface area contributed by atoms with E-state index < -0.39 is 0 Å². The molecule has 186 valence electrons. The van der Waals surface area contributed by atoms with E-state index in [1.807, 2.05) is 36.4 Å². The van der Waals surface area contributed by atoms with Gasteiger partial charge >= 0.3 is 6.03 Å². The van der Waals surface area contributed by atoms with Crippen molar-refractivity contribution in [1.82, 2.24) is 15.5 Å². The summed E-state index contributed by atoms with van der Waals surface area (Å²) < 4.78 is 11.5. The van der Waals surface area contributed by atoms with Gasteiger partial charge in [-0.3, -0.25) is 9.69 Å².